The first kappa shape index (κ1) is 23.1. The Labute approximate surface area is 164 Å². The molecular weight excluding hydrogens is 366 g/mol. The van der Waals surface area contributed by atoms with Gasteiger partial charge in [0.2, 0.25) is 11.9 Å². The number of rotatable bonds is 5. The lowest BCUT2D eigenvalue weighted by Gasteiger charge is -2.26. The van der Waals surface area contributed by atoms with Crippen molar-refractivity contribution in [3.05, 3.63) is 18.5 Å². The minimum Gasteiger partial charge on any atom is -0.458 e. The second kappa shape index (κ2) is 9.34. The number of esters is 1. The van der Waals surface area contributed by atoms with Crippen molar-refractivity contribution in [1.82, 2.24) is 20.4 Å². The first-order valence-corrected chi connectivity index (χ1v) is 8.87. The van der Waals surface area contributed by atoms with Crippen LogP contribution in [-0.4, -0.2) is 51.0 Å². The average molecular weight is 395 g/mol. The van der Waals surface area contributed by atoms with Gasteiger partial charge >= 0.3 is 12.1 Å². The molecule has 2 amide bonds. The van der Waals surface area contributed by atoms with Crippen LogP contribution in [0.3, 0.4) is 0 Å². The van der Waals surface area contributed by atoms with Gasteiger partial charge in [-0.15, -0.1) is 0 Å². The number of carbonyl (C=O) groups excluding carboxylic acids is 3. The van der Waals surface area contributed by atoms with Crippen LogP contribution in [0.5, 0.6) is 0 Å². The highest BCUT2D eigenvalue weighted by Gasteiger charge is 2.29. The lowest BCUT2D eigenvalue weighted by Crippen LogP contribution is -2.46. The third kappa shape index (κ3) is 9.15. The van der Waals surface area contributed by atoms with Crippen molar-refractivity contribution >= 4 is 23.9 Å². The maximum Gasteiger partial charge on any atom is 0.408 e. The first-order valence-electron chi connectivity index (χ1n) is 8.87. The van der Waals surface area contributed by atoms with E-state index in [4.69, 9.17) is 14.9 Å². The highest BCUT2D eigenvalue weighted by molar-refractivity contribution is 5.96. The summed E-state index contributed by atoms with van der Waals surface area (Å²) < 4.78 is 11.7. The smallest absolute Gasteiger partial charge is 0.408 e. The van der Waals surface area contributed by atoms with Crippen LogP contribution in [0.2, 0.25) is 0 Å². The maximum atomic E-state index is 12.4. The molecule has 0 radical (unpaired) electrons. The molecule has 0 fully saturated rings. The molecule has 1 aromatic heterocycles. The van der Waals surface area contributed by atoms with Gasteiger partial charge in [-0.05, 0) is 54.0 Å². The highest BCUT2D eigenvalue weighted by atomic mass is 16.6. The van der Waals surface area contributed by atoms with Crippen LogP contribution in [0, 0.1) is 5.41 Å². The summed E-state index contributed by atoms with van der Waals surface area (Å²) in [4.78, 5) is 36.5. The molecule has 0 saturated carbocycles. The van der Waals surface area contributed by atoms with E-state index in [0.717, 1.165) is 0 Å². The fourth-order valence-corrected chi connectivity index (χ4v) is 2.00. The van der Waals surface area contributed by atoms with Gasteiger partial charge < -0.3 is 14.8 Å². The number of hydrogen-bond donors (Lipinski definition) is 3. The molecule has 1 aromatic rings. The minimum absolute atomic E-state index is 0.0215. The van der Waals surface area contributed by atoms with Crippen molar-refractivity contribution < 1.29 is 23.9 Å². The number of amides is 2. The van der Waals surface area contributed by atoms with E-state index in [1.807, 2.05) is 0 Å². The van der Waals surface area contributed by atoms with E-state index in [0.29, 0.717) is 0 Å². The molecule has 0 aromatic carbocycles. The molecule has 0 aliphatic heterocycles. The lowest BCUT2D eigenvalue weighted by molar-refractivity contribution is -0.157. The van der Waals surface area contributed by atoms with Crippen molar-refractivity contribution in [2.24, 2.45) is 0 Å². The zero-order valence-corrected chi connectivity index (χ0v) is 17.2. The summed E-state index contributed by atoms with van der Waals surface area (Å²) in [6, 6.07) is 0.544. The molecule has 0 unspecified atom stereocenters. The average Bonchev–Trinajstić information content (AvgIpc) is 3.02. The van der Waals surface area contributed by atoms with Gasteiger partial charge in [-0.25, -0.2) is 14.3 Å². The van der Waals surface area contributed by atoms with E-state index in [9.17, 15) is 14.4 Å². The number of aromatic nitrogens is 2. The molecule has 0 aliphatic rings. The molecular formula is C18H29N5O5. The third-order valence-electron chi connectivity index (χ3n) is 3.03. The Kier molecular flexibility index (Phi) is 7.71. The summed E-state index contributed by atoms with van der Waals surface area (Å²) in [6.45, 7) is 10.2. The molecule has 0 spiro atoms. The van der Waals surface area contributed by atoms with Crippen molar-refractivity contribution in [2.45, 2.75) is 71.6 Å². The van der Waals surface area contributed by atoms with Crippen molar-refractivity contribution in [1.29, 1.82) is 5.41 Å². The molecule has 3 N–H and O–H groups in total. The van der Waals surface area contributed by atoms with Gasteiger partial charge in [0, 0.05) is 18.8 Å². The molecule has 0 bridgehead atoms. The molecule has 1 heterocycles. The maximum absolute atomic E-state index is 12.4. The van der Waals surface area contributed by atoms with Crippen LogP contribution in [-0.2, 0) is 19.1 Å². The summed E-state index contributed by atoms with van der Waals surface area (Å²) in [6.07, 6.45) is 2.06. The summed E-state index contributed by atoms with van der Waals surface area (Å²) >= 11 is 0. The summed E-state index contributed by atoms with van der Waals surface area (Å²) in [5.74, 6) is -1.39. The second-order valence-corrected chi connectivity index (χ2v) is 8.12. The van der Waals surface area contributed by atoms with Crippen LogP contribution in [0.1, 0.15) is 54.4 Å². The SMILES string of the molecule is CC(C)(C)OC(=O)N[C@@H](CCC(=O)NC(=N)n1cccn1)C(=O)OC(C)(C)C. The number of ether oxygens (including phenoxy) is 2. The zero-order chi connectivity index (χ0) is 21.5. The molecule has 10 nitrogen and oxygen atoms in total. The molecule has 156 valence electrons. The van der Waals surface area contributed by atoms with Crippen LogP contribution in [0.25, 0.3) is 0 Å². The normalized spacial score (nSPS) is 12.6. The van der Waals surface area contributed by atoms with Gasteiger partial charge in [-0.3, -0.25) is 15.5 Å². The molecule has 0 saturated heterocycles. The highest BCUT2D eigenvalue weighted by Crippen LogP contribution is 2.12. The topological polar surface area (TPSA) is 135 Å². The summed E-state index contributed by atoms with van der Waals surface area (Å²) in [7, 11) is 0. The number of alkyl carbamates (subject to hydrolysis) is 1. The Bertz CT molecular complexity index is 701. The number of carbonyl (C=O) groups is 3. The lowest BCUT2D eigenvalue weighted by atomic mass is 10.1. The Morgan fingerprint density at radius 3 is 2.21 bits per heavy atom. The Morgan fingerprint density at radius 2 is 1.71 bits per heavy atom. The predicted molar refractivity (Wildman–Crippen MR) is 102 cm³/mol. The van der Waals surface area contributed by atoms with E-state index in [-0.39, 0.29) is 18.8 Å². The molecule has 10 heteroatoms. The Hall–Kier alpha value is -2.91. The van der Waals surface area contributed by atoms with E-state index < -0.39 is 35.2 Å². The number of nitrogens with one attached hydrogen (secondary N) is 3. The van der Waals surface area contributed by atoms with E-state index in [1.54, 1.807) is 47.6 Å². The zero-order valence-electron chi connectivity index (χ0n) is 17.2. The number of hydrogen-bond acceptors (Lipinski definition) is 7. The van der Waals surface area contributed by atoms with Gasteiger partial charge in [0.1, 0.15) is 17.2 Å². The summed E-state index contributed by atoms with van der Waals surface area (Å²) in [5, 5.41) is 16.4. The summed E-state index contributed by atoms with van der Waals surface area (Å²) in [5.41, 5.74) is -1.49. The van der Waals surface area contributed by atoms with Gasteiger partial charge in [-0.2, -0.15) is 5.10 Å². The predicted octanol–water partition coefficient (Wildman–Crippen LogP) is 1.80. The fraction of sp³-hybridized carbons (Fsp3) is 0.611. The van der Waals surface area contributed by atoms with Gasteiger partial charge in [0.25, 0.3) is 0 Å². The number of nitrogens with zero attached hydrogens (tertiary/aromatic N) is 2. The molecule has 1 atom stereocenters. The van der Waals surface area contributed by atoms with E-state index >= 15 is 0 Å². The van der Waals surface area contributed by atoms with E-state index in [1.165, 1.54) is 17.1 Å². The van der Waals surface area contributed by atoms with Crippen LogP contribution >= 0.6 is 0 Å². The Balaban J connectivity index is 2.70. The van der Waals surface area contributed by atoms with Crippen molar-refractivity contribution in [3.63, 3.8) is 0 Å². The molecule has 1 rings (SSSR count). The van der Waals surface area contributed by atoms with Gasteiger partial charge in [-0.1, -0.05) is 0 Å². The van der Waals surface area contributed by atoms with E-state index in [2.05, 4.69) is 15.7 Å². The first-order chi connectivity index (χ1) is 12.8. The van der Waals surface area contributed by atoms with Crippen LogP contribution in [0.4, 0.5) is 4.79 Å². The monoisotopic (exact) mass is 395 g/mol. The van der Waals surface area contributed by atoms with Gasteiger partial charge in [0.15, 0.2) is 0 Å². The second-order valence-electron chi connectivity index (χ2n) is 8.12. The quantitative estimate of drug-likeness (QED) is 0.395. The third-order valence-corrected chi connectivity index (χ3v) is 3.03. The largest absolute Gasteiger partial charge is 0.458 e. The standard InChI is InChI=1S/C18H29N5O5/c1-17(2,3)27-14(25)12(21-16(26)28-18(4,5)6)8-9-13(24)22-15(19)23-11-7-10-20-23/h7,10-12H,8-9H2,1-6H3,(H,21,26)(H2,19,22,24)/t12-/m0/s1. The van der Waals surface area contributed by atoms with Crippen molar-refractivity contribution in [2.75, 3.05) is 0 Å². The molecule has 28 heavy (non-hydrogen) atoms. The van der Waals surface area contributed by atoms with Crippen molar-refractivity contribution in [3.8, 4) is 0 Å². The van der Waals surface area contributed by atoms with Crippen LogP contribution in [0.15, 0.2) is 18.5 Å². The minimum atomic E-state index is -1.07. The fourth-order valence-electron chi connectivity index (χ4n) is 2.00. The Morgan fingerprint density at radius 1 is 1.11 bits per heavy atom. The molecule has 0 aliphatic carbocycles. The van der Waals surface area contributed by atoms with Gasteiger partial charge in [0.05, 0.1) is 0 Å². The van der Waals surface area contributed by atoms with Crippen LogP contribution < -0.4 is 10.6 Å².